The van der Waals surface area contributed by atoms with Crippen molar-refractivity contribution >= 4 is 5.91 Å². The van der Waals surface area contributed by atoms with Gasteiger partial charge in [-0.25, -0.2) is 0 Å². The van der Waals surface area contributed by atoms with Crippen LogP contribution in [0.15, 0.2) is 18.3 Å². The Hall–Kier alpha value is -2.45. The van der Waals surface area contributed by atoms with Crippen LogP contribution in [-0.4, -0.2) is 31.8 Å². The van der Waals surface area contributed by atoms with Crippen molar-refractivity contribution in [3.05, 3.63) is 41.2 Å². The second kappa shape index (κ2) is 6.21. The molecule has 128 valence electrons. The number of rotatable bonds is 3. The monoisotopic (exact) mass is 339 g/mol. The summed E-state index contributed by atoms with van der Waals surface area (Å²) in [4.78, 5) is 16.1. The number of hydrogen-bond donors (Lipinski definition) is 1. The van der Waals surface area contributed by atoms with Gasteiger partial charge in [-0.05, 0) is 25.5 Å². The molecule has 0 aromatic carbocycles. The smallest absolute Gasteiger partial charge is 0.345 e. The first-order valence-corrected chi connectivity index (χ1v) is 7.53. The van der Waals surface area contributed by atoms with Crippen LogP contribution in [0.25, 0.3) is 0 Å². The van der Waals surface area contributed by atoms with Crippen LogP contribution >= 0.6 is 0 Å². The lowest BCUT2D eigenvalue weighted by atomic mass is 9.99. The van der Waals surface area contributed by atoms with E-state index in [0.717, 1.165) is 5.69 Å². The maximum Gasteiger partial charge on any atom is 0.393 e. The Kier molecular flexibility index (Phi) is 4.25. The highest BCUT2D eigenvalue weighted by Gasteiger charge is 2.42. The summed E-state index contributed by atoms with van der Waals surface area (Å²) < 4.78 is 40.2. The van der Waals surface area contributed by atoms with E-state index in [1.807, 2.05) is 0 Å². The van der Waals surface area contributed by atoms with Crippen molar-refractivity contribution in [3.63, 3.8) is 0 Å². The van der Waals surface area contributed by atoms with Crippen LogP contribution in [0.2, 0.25) is 0 Å². The van der Waals surface area contributed by atoms with Crippen LogP contribution in [0.5, 0.6) is 0 Å². The molecule has 0 saturated heterocycles. The lowest BCUT2D eigenvalue weighted by Crippen LogP contribution is -2.34. The molecule has 6 nitrogen and oxygen atoms in total. The Morgan fingerprint density at radius 3 is 2.83 bits per heavy atom. The van der Waals surface area contributed by atoms with E-state index in [-0.39, 0.29) is 31.8 Å². The predicted octanol–water partition coefficient (Wildman–Crippen LogP) is 2.04. The second-order valence-corrected chi connectivity index (χ2v) is 5.79. The summed E-state index contributed by atoms with van der Waals surface area (Å²) in [6, 6.07) is 3.35. The first-order chi connectivity index (χ1) is 11.3. The molecule has 3 heterocycles. The van der Waals surface area contributed by atoms with Gasteiger partial charge in [-0.2, -0.15) is 13.2 Å². The van der Waals surface area contributed by atoms with Crippen LogP contribution in [0.3, 0.4) is 0 Å². The summed E-state index contributed by atoms with van der Waals surface area (Å²) in [7, 11) is 0. The number of carbonyl (C=O) groups is 1. The molecule has 1 atom stereocenters. The highest BCUT2D eigenvalue weighted by molar-refractivity contribution is 5.93. The quantitative estimate of drug-likeness (QED) is 0.929. The molecule has 0 unspecified atom stereocenters. The zero-order valence-corrected chi connectivity index (χ0v) is 13.0. The Balaban J connectivity index is 1.68. The van der Waals surface area contributed by atoms with Crippen LogP contribution in [0.4, 0.5) is 13.2 Å². The number of carbonyl (C=O) groups excluding carboxylic acids is 1. The van der Waals surface area contributed by atoms with Gasteiger partial charge in [-0.1, -0.05) is 0 Å². The van der Waals surface area contributed by atoms with Gasteiger partial charge in [0.25, 0.3) is 5.91 Å². The third kappa shape index (κ3) is 3.39. The fourth-order valence-electron chi connectivity index (χ4n) is 2.64. The molecule has 1 amide bonds. The van der Waals surface area contributed by atoms with Crippen molar-refractivity contribution in [2.75, 3.05) is 0 Å². The van der Waals surface area contributed by atoms with Crippen molar-refractivity contribution in [2.45, 2.75) is 39.0 Å². The van der Waals surface area contributed by atoms with E-state index in [2.05, 4.69) is 20.5 Å². The fourth-order valence-corrected chi connectivity index (χ4v) is 2.64. The molecule has 2 aromatic rings. The van der Waals surface area contributed by atoms with Gasteiger partial charge >= 0.3 is 6.18 Å². The molecule has 1 aliphatic rings. The van der Waals surface area contributed by atoms with Gasteiger partial charge in [0.05, 0.1) is 18.0 Å². The second-order valence-electron chi connectivity index (χ2n) is 5.79. The number of pyridine rings is 1. The standard InChI is InChI=1S/C15H16F3N5O/c1-9-2-3-10(6-19-9)14(24)20-7-13-22-21-12-5-4-11(8-23(12)13)15(16,17)18/h2-3,6,11H,4-5,7-8H2,1H3,(H,20,24)/t11-/m0/s1. The number of alkyl halides is 3. The SMILES string of the molecule is Cc1ccc(C(=O)NCc2nnc3n2C[C@@H](C(F)(F)F)CC3)cn1. The highest BCUT2D eigenvalue weighted by atomic mass is 19.4. The van der Waals surface area contributed by atoms with E-state index >= 15 is 0 Å². The van der Waals surface area contributed by atoms with E-state index in [0.29, 0.717) is 17.2 Å². The maximum atomic E-state index is 12.9. The molecule has 3 rings (SSSR count). The Morgan fingerprint density at radius 2 is 2.17 bits per heavy atom. The van der Waals surface area contributed by atoms with E-state index in [4.69, 9.17) is 0 Å². The van der Waals surface area contributed by atoms with E-state index in [1.165, 1.54) is 10.8 Å². The lowest BCUT2D eigenvalue weighted by Gasteiger charge is -2.26. The van der Waals surface area contributed by atoms with Crippen LogP contribution < -0.4 is 5.32 Å². The number of halogens is 3. The molecule has 0 bridgehead atoms. The van der Waals surface area contributed by atoms with Gasteiger partial charge in [0.1, 0.15) is 5.82 Å². The summed E-state index contributed by atoms with van der Waals surface area (Å²) in [5.74, 6) is -0.913. The first kappa shape index (κ1) is 16.4. The van der Waals surface area contributed by atoms with E-state index in [9.17, 15) is 18.0 Å². The number of aryl methyl sites for hydroxylation is 2. The predicted molar refractivity (Wildman–Crippen MR) is 78.0 cm³/mol. The molecular weight excluding hydrogens is 323 g/mol. The maximum absolute atomic E-state index is 12.9. The summed E-state index contributed by atoms with van der Waals surface area (Å²) in [6.45, 7) is 1.62. The molecule has 24 heavy (non-hydrogen) atoms. The summed E-state index contributed by atoms with van der Waals surface area (Å²) in [5, 5.41) is 10.5. The van der Waals surface area contributed by atoms with Crippen molar-refractivity contribution in [1.29, 1.82) is 0 Å². The van der Waals surface area contributed by atoms with Gasteiger partial charge in [0, 0.05) is 24.9 Å². The van der Waals surface area contributed by atoms with Crippen molar-refractivity contribution in [3.8, 4) is 0 Å². The molecule has 0 spiro atoms. The molecule has 0 fully saturated rings. The molecule has 2 aromatic heterocycles. The number of fused-ring (bicyclic) bond motifs is 1. The largest absolute Gasteiger partial charge is 0.393 e. The molecule has 0 aliphatic carbocycles. The number of aromatic nitrogens is 4. The summed E-state index contributed by atoms with van der Waals surface area (Å²) >= 11 is 0. The third-order valence-corrected chi connectivity index (χ3v) is 4.07. The molecule has 1 aliphatic heterocycles. The Labute approximate surface area is 136 Å². The molecule has 9 heteroatoms. The van der Waals surface area contributed by atoms with Gasteiger partial charge in [0.2, 0.25) is 0 Å². The average Bonchev–Trinajstić information content (AvgIpc) is 2.95. The van der Waals surface area contributed by atoms with Crippen molar-refractivity contribution in [1.82, 2.24) is 25.1 Å². The number of nitrogens with one attached hydrogen (secondary N) is 1. The minimum Gasteiger partial charge on any atom is -0.345 e. The minimum atomic E-state index is -4.24. The van der Waals surface area contributed by atoms with Crippen molar-refractivity contribution in [2.24, 2.45) is 5.92 Å². The van der Waals surface area contributed by atoms with Gasteiger partial charge < -0.3 is 9.88 Å². The number of nitrogens with zero attached hydrogens (tertiary/aromatic N) is 4. The van der Waals surface area contributed by atoms with Gasteiger partial charge in [0.15, 0.2) is 5.82 Å². The van der Waals surface area contributed by atoms with Crippen LogP contribution in [0.1, 0.15) is 34.1 Å². The third-order valence-electron chi connectivity index (χ3n) is 4.07. The fraction of sp³-hybridized carbons (Fsp3) is 0.467. The summed E-state index contributed by atoms with van der Waals surface area (Å²) in [5.41, 5.74) is 1.17. The average molecular weight is 339 g/mol. The van der Waals surface area contributed by atoms with Crippen molar-refractivity contribution < 1.29 is 18.0 Å². The zero-order chi connectivity index (χ0) is 17.3. The summed E-state index contributed by atoms with van der Waals surface area (Å²) in [6.07, 6.45) is -2.55. The molecular formula is C15H16F3N5O. The van der Waals surface area contributed by atoms with Gasteiger partial charge in [-0.3, -0.25) is 9.78 Å². The number of hydrogen-bond acceptors (Lipinski definition) is 4. The van der Waals surface area contributed by atoms with Gasteiger partial charge in [-0.15, -0.1) is 10.2 Å². The molecule has 1 N–H and O–H groups in total. The van der Waals surface area contributed by atoms with Crippen LogP contribution in [-0.2, 0) is 19.5 Å². The van der Waals surface area contributed by atoms with E-state index in [1.54, 1.807) is 19.1 Å². The highest BCUT2D eigenvalue weighted by Crippen LogP contribution is 2.34. The van der Waals surface area contributed by atoms with E-state index < -0.39 is 12.1 Å². The van der Waals surface area contributed by atoms with Crippen LogP contribution in [0, 0.1) is 12.8 Å². The zero-order valence-electron chi connectivity index (χ0n) is 13.0. The minimum absolute atomic E-state index is 0.0169. The lowest BCUT2D eigenvalue weighted by molar-refractivity contribution is -0.182. The topological polar surface area (TPSA) is 72.7 Å². The molecule has 0 saturated carbocycles. The normalized spacial score (nSPS) is 17.4. The Bertz CT molecular complexity index is 739. The first-order valence-electron chi connectivity index (χ1n) is 7.53. The molecule has 0 radical (unpaired) electrons. The number of amides is 1. The Morgan fingerprint density at radius 1 is 1.38 bits per heavy atom.